The van der Waals surface area contributed by atoms with Gasteiger partial charge in [0, 0.05) is 141 Å². The lowest BCUT2D eigenvalue weighted by Gasteiger charge is -2.04. The summed E-state index contributed by atoms with van der Waals surface area (Å²) in [4.78, 5) is 39.1. The highest BCUT2D eigenvalue weighted by Crippen LogP contribution is 2.22. The van der Waals surface area contributed by atoms with Crippen molar-refractivity contribution >= 4 is 176 Å². The van der Waals surface area contributed by atoms with Crippen LogP contribution in [0.3, 0.4) is 0 Å². The van der Waals surface area contributed by atoms with Crippen LogP contribution in [-0.4, -0.2) is 201 Å². The minimum Gasteiger partial charge on any atom is -0.368 e. The number of nitrogens with one attached hydrogen (secondary N) is 19. The number of nitrogens with zero attached hydrogens (tertiary/aromatic N) is 19. The topological polar surface area (TPSA) is 527 Å². The highest BCUT2D eigenvalue weighted by Gasteiger charge is 2.12. The molecule has 40 nitrogen and oxygen atoms in total. The number of rotatable bonds is 34. The Hall–Kier alpha value is -14.6. The number of H-pyrrole nitrogens is 8. The molecule has 16 rings (SSSR count). The van der Waals surface area contributed by atoms with Gasteiger partial charge >= 0.3 is 0 Å². The van der Waals surface area contributed by atoms with Crippen LogP contribution >= 0.6 is 69.6 Å². The first-order valence-corrected chi connectivity index (χ1v) is 45.4. The molecule has 46 heteroatoms. The van der Waals surface area contributed by atoms with Gasteiger partial charge in [-0.25, -0.2) is 40.8 Å². The van der Waals surface area contributed by atoms with Crippen LogP contribution < -0.4 is 84.7 Å². The number of aromatic nitrogens is 24. The number of hydrogen-bond acceptors (Lipinski definition) is 32. The minimum atomic E-state index is 0.300. The predicted octanol–water partition coefficient (Wildman–Crippen LogP) is 18.1. The Morgan fingerprint density at radius 2 is 0.551 bits per heavy atom. The van der Waals surface area contributed by atoms with E-state index in [4.69, 9.17) is 81.1 Å². The fraction of sp³-hybridized carbons (Fsp3) is 0.289. The van der Waals surface area contributed by atoms with Crippen LogP contribution in [0.2, 0.25) is 30.1 Å². The standard InChI is InChI=1S/C13H18ClN5.2C12H16ClN5.C12H17N5.C11H14ClN5.C11H15N5.C10H12ClN5.C9H10ClN5/c1-9(2)16-13-17-12(18-19-13)15-8-7-10-3-5-11(14)6-4-10;1-18(2)12-15-11(16-17-12)14-8-7-9-3-5-10(13)6-4-9;1-8(2)15-12-16-11(17-18-12)14-7-9-3-5-10(13)6-4-9;1-8(2)13-11-15-12(17-16-11)14-10-6-4-5-9(3)7-10;1-17(2)11-14-10(15-16-11)13-7-8-3-5-9(12)6-4-8;1-8-5-4-6-9(7-8)12-10-13-11(15-14-10)16(2)3;11-8-3-1-7(2-4-8)5-6-13-10-14-9(12)15-16-10;10-7-3-1-6(2-4-7)5-12-9-13-8(11)14-15-9/h3-6,9H,7-8H2,1-2H3,(H3,15,16,17,18,19);3-6H,7-8H2,1-2H3,(H2,14,15,16,17);3-6,8H,7H2,1-2H3,(H3,14,15,16,17,18);4-8H,1-3H3,(H3,13,14,15,16,17);3-6H,7H2,1-2H3,(H2,13,14,15,16);4-7H,1-3H3,(H2,12,13,14,15);1-4H,5-6H2,(H4,12,13,14,15,16);1-4H,5H2,(H4,11,12,13,14,15). The molecule has 0 fully saturated rings. The van der Waals surface area contributed by atoms with E-state index in [0.717, 1.165) is 97.1 Å². The number of nitrogen functional groups attached to an aromatic ring is 2. The number of aryl methyl sites for hydroxylation is 2. The molecular formula is C90H118Cl6N40. The number of aromatic amines is 8. The zero-order valence-corrected chi connectivity index (χ0v) is 82.5. The fourth-order valence-electron chi connectivity index (χ4n) is 11.3. The lowest BCUT2D eigenvalue weighted by atomic mass is 10.1. The van der Waals surface area contributed by atoms with Gasteiger partial charge in [0.1, 0.15) is 0 Å². The monoisotopic (exact) mass is 1970 g/mol. The molecule has 0 bridgehead atoms. The van der Waals surface area contributed by atoms with Crippen molar-refractivity contribution in [2.45, 2.75) is 112 Å². The molecule has 16 aromatic rings. The second-order valence-electron chi connectivity index (χ2n) is 31.5. The first-order valence-electron chi connectivity index (χ1n) is 43.1. The number of nitrogens with two attached hydrogens (primary N) is 2. The summed E-state index contributed by atoms with van der Waals surface area (Å²) in [5.74, 6) is 9.39. The van der Waals surface area contributed by atoms with Crippen molar-refractivity contribution in [1.29, 1.82) is 0 Å². The Bertz CT molecular complexity index is 6010. The van der Waals surface area contributed by atoms with Gasteiger partial charge in [-0.15, -0.1) is 40.8 Å². The molecule has 0 aliphatic carbocycles. The zero-order valence-electron chi connectivity index (χ0n) is 78.0. The molecule has 720 valence electrons. The van der Waals surface area contributed by atoms with E-state index < -0.39 is 0 Å². The highest BCUT2D eigenvalue weighted by atomic mass is 35.5. The molecule has 0 spiro atoms. The van der Waals surface area contributed by atoms with Crippen LogP contribution in [0.25, 0.3) is 0 Å². The van der Waals surface area contributed by atoms with Crippen molar-refractivity contribution in [1.82, 2.24) is 121 Å². The van der Waals surface area contributed by atoms with E-state index in [0.29, 0.717) is 133 Å². The molecule has 0 amide bonds. The minimum absolute atomic E-state index is 0.300. The molecule has 136 heavy (non-hydrogen) atoms. The summed E-state index contributed by atoms with van der Waals surface area (Å²) in [6.07, 6.45) is 2.69. The highest BCUT2D eigenvalue weighted by molar-refractivity contribution is 6.32. The van der Waals surface area contributed by atoms with E-state index >= 15 is 0 Å². The lowest BCUT2D eigenvalue weighted by molar-refractivity contribution is 0.876. The molecule has 0 unspecified atom stereocenters. The van der Waals surface area contributed by atoms with E-state index in [1.165, 1.54) is 27.8 Å². The summed E-state index contributed by atoms with van der Waals surface area (Å²) in [5.41, 5.74) is 22.2. The number of benzene rings is 8. The van der Waals surface area contributed by atoms with E-state index in [1.54, 1.807) is 0 Å². The van der Waals surface area contributed by atoms with Crippen LogP contribution in [0.4, 0.5) is 107 Å². The van der Waals surface area contributed by atoms with E-state index in [1.807, 2.05) is 255 Å². The van der Waals surface area contributed by atoms with E-state index in [2.05, 4.69) is 232 Å². The van der Waals surface area contributed by atoms with Crippen molar-refractivity contribution in [2.24, 2.45) is 0 Å². The molecule has 0 saturated heterocycles. The molecule has 0 radical (unpaired) electrons. The van der Waals surface area contributed by atoms with Crippen molar-refractivity contribution in [3.8, 4) is 0 Å². The van der Waals surface area contributed by atoms with E-state index in [9.17, 15) is 0 Å². The van der Waals surface area contributed by atoms with Gasteiger partial charge in [-0.3, -0.25) is 0 Å². The Kier molecular flexibility index (Phi) is 43.1. The first kappa shape index (κ1) is 105. The van der Waals surface area contributed by atoms with Gasteiger partial charge in [0.05, 0.1) is 0 Å². The van der Waals surface area contributed by atoms with Gasteiger partial charge < -0.3 is 84.7 Å². The van der Waals surface area contributed by atoms with Gasteiger partial charge in [0.2, 0.25) is 95.2 Å². The molecule has 0 atom stereocenters. The summed E-state index contributed by atoms with van der Waals surface area (Å²) >= 11 is 34.9. The van der Waals surface area contributed by atoms with Crippen molar-refractivity contribution < 1.29 is 0 Å². The lowest BCUT2D eigenvalue weighted by Crippen LogP contribution is -2.11. The molecule has 0 saturated carbocycles. The van der Waals surface area contributed by atoms with Crippen molar-refractivity contribution in [3.05, 3.63) is 269 Å². The maximum atomic E-state index is 5.84. The van der Waals surface area contributed by atoms with Crippen LogP contribution in [0.5, 0.6) is 0 Å². The third-order valence-corrected chi connectivity index (χ3v) is 19.4. The summed E-state index contributed by atoms with van der Waals surface area (Å²) in [7, 11) is 11.4. The summed E-state index contributed by atoms with van der Waals surface area (Å²) in [5, 5.41) is 93.2. The Balaban J connectivity index is 0.000000174. The molecule has 0 aliphatic rings. The largest absolute Gasteiger partial charge is 0.368 e. The Morgan fingerprint density at radius 1 is 0.279 bits per heavy atom. The van der Waals surface area contributed by atoms with Gasteiger partial charge in [0.25, 0.3) is 0 Å². The first-order chi connectivity index (χ1) is 65.3. The number of halogens is 6. The fourth-order valence-corrected chi connectivity index (χ4v) is 12.0. The Morgan fingerprint density at radius 3 is 0.890 bits per heavy atom. The van der Waals surface area contributed by atoms with Crippen LogP contribution in [0, 0.1) is 13.8 Å². The molecule has 8 aromatic heterocycles. The van der Waals surface area contributed by atoms with E-state index in [-0.39, 0.29) is 0 Å². The van der Waals surface area contributed by atoms with Crippen molar-refractivity contribution in [3.63, 3.8) is 0 Å². The molecule has 8 heterocycles. The normalized spacial score (nSPS) is 10.4. The van der Waals surface area contributed by atoms with Gasteiger partial charge in [-0.05, 0) is 216 Å². The number of anilines is 18. The van der Waals surface area contributed by atoms with Gasteiger partial charge in [-0.2, -0.15) is 39.9 Å². The predicted molar refractivity (Wildman–Crippen MR) is 555 cm³/mol. The quantitative estimate of drug-likeness (QED) is 0.0178. The summed E-state index contributed by atoms with van der Waals surface area (Å²) < 4.78 is 0. The third kappa shape index (κ3) is 40.9. The molecule has 0 aliphatic heterocycles. The van der Waals surface area contributed by atoms with Gasteiger partial charge in [0.15, 0.2) is 0 Å². The molecule has 8 aromatic carbocycles. The summed E-state index contributed by atoms with van der Waals surface area (Å²) in [6, 6.07) is 63.5. The van der Waals surface area contributed by atoms with Crippen molar-refractivity contribution in [2.75, 3.05) is 147 Å². The van der Waals surface area contributed by atoms with Crippen LogP contribution in [0.1, 0.15) is 86.1 Å². The Labute approximate surface area is 820 Å². The molecule has 23 N–H and O–H groups in total. The average Bonchev–Trinajstić information content (AvgIpc) is 1.74. The second kappa shape index (κ2) is 55.8. The average molecular weight is 1970 g/mol. The number of hydrogen-bond donors (Lipinski definition) is 21. The maximum Gasteiger partial charge on any atom is 0.245 e. The third-order valence-electron chi connectivity index (χ3n) is 17.9. The smallest absolute Gasteiger partial charge is 0.245 e. The summed E-state index contributed by atoms with van der Waals surface area (Å²) in [6.45, 7) is 20.7. The van der Waals surface area contributed by atoms with Crippen LogP contribution in [0.15, 0.2) is 194 Å². The molecular weight excluding hydrogens is 1850 g/mol. The second-order valence-corrected chi connectivity index (χ2v) is 34.1. The maximum absolute atomic E-state index is 5.84. The zero-order chi connectivity index (χ0) is 97.7. The van der Waals surface area contributed by atoms with Crippen LogP contribution in [-0.2, 0) is 38.9 Å². The SMILES string of the molecule is CC(C)Nc1nc(NCCc2ccc(Cl)cc2)n[nH]1.CC(C)Nc1nc(NCc2ccc(Cl)cc2)n[nH]1.CN(C)c1n[nH]c(NCCc2ccc(Cl)cc2)n1.CN(C)c1n[nH]c(NCc2ccc(Cl)cc2)n1.Cc1cccc(Nc2nc(N(C)C)n[nH]2)c1.Cc1cccc(Nc2nc(NC(C)C)n[nH]2)c1.Nc1nc(NCCc2ccc(Cl)cc2)n[nH]1.Nc1nc(NCc2ccc(Cl)cc2)n[nH]1. The van der Waals surface area contributed by atoms with Gasteiger partial charge in [-0.1, -0.05) is 167 Å².